The van der Waals surface area contributed by atoms with Crippen LogP contribution in [0.1, 0.15) is 36.0 Å². The fourth-order valence-electron chi connectivity index (χ4n) is 2.62. The summed E-state index contributed by atoms with van der Waals surface area (Å²) >= 11 is 7.19. The number of thiazole rings is 1. The summed E-state index contributed by atoms with van der Waals surface area (Å²) in [6.07, 6.45) is 1.62. The summed E-state index contributed by atoms with van der Waals surface area (Å²) in [7, 11) is 0. The monoisotopic (exact) mass is 366 g/mol. The Hall–Kier alpha value is -1.79. The molecule has 0 aliphatic heterocycles. The van der Waals surface area contributed by atoms with Gasteiger partial charge in [0.15, 0.2) is 0 Å². The summed E-state index contributed by atoms with van der Waals surface area (Å²) in [4.78, 5) is 28.4. The summed E-state index contributed by atoms with van der Waals surface area (Å²) in [5.74, 6) is -0.754. The van der Waals surface area contributed by atoms with Crippen LogP contribution in [0.4, 0.5) is 9.39 Å². The number of halogens is 2. The van der Waals surface area contributed by atoms with Crippen molar-refractivity contribution in [2.75, 3.05) is 5.32 Å². The smallest absolute Gasteiger partial charge is 0.238 e. The second kappa shape index (κ2) is 6.26. The van der Waals surface area contributed by atoms with Gasteiger partial charge in [0, 0.05) is 11.4 Å². The largest absolute Gasteiger partial charge is 0.315 e. The average Bonchev–Trinajstić information content (AvgIpc) is 3.20. The van der Waals surface area contributed by atoms with Crippen LogP contribution in [0.2, 0.25) is 5.02 Å². The fraction of sp³-hybridized carbons (Fsp3) is 0.353. The molecule has 1 aromatic carbocycles. The van der Waals surface area contributed by atoms with Crippen molar-refractivity contribution in [3.63, 3.8) is 0 Å². The molecule has 7 heteroatoms. The van der Waals surface area contributed by atoms with Gasteiger partial charge in [-0.1, -0.05) is 11.6 Å². The number of aromatic nitrogens is 1. The van der Waals surface area contributed by atoms with E-state index < -0.39 is 11.2 Å². The number of benzene rings is 1. The molecular formula is C17H16ClFN2O2S. The molecule has 1 fully saturated rings. The average molecular weight is 367 g/mol. The fourth-order valence-corrected chi connectivity index (χ4v) is 3.86. The number of anilines is 1. The SMILES string of the molecule is CC(=O)C1(C(=O)Nc2sc(Cc3cc(F)cc(Cl)c3)nc2C)CC1. The van der Waals surface area contributed by atoms with Crippen molar-refractivity contribution in [3.05, 3.63) is 45.3 Å². The Labute approximate surface area is 148 Å². The van der Waals surface area contributed by atoms with E-state index >= 15 is 0 Å². The molecule has 0 saturated heterocycles. The topological polar surface area (TPSA) is 59.1 Å². The van der Waals surface area contributed by atoms with E-state index in [0.29, 0.717) is 40.5 Å². The zero-order valence-electron chi connectivity index (χ0n) is 13.3. The lowest BCUT2D eigenvalue weighted by Crippen LogP contribution is -2.29. The number of hydrogen-bond acceptors (Lipinski definition) is 4. The molecule has 1 aromatic heterocycles. The summed E-state index contributed by atoms with van der Waals surface area (Å²) in [6, 6.07) is 4.35. The molecule has 0 bridgehead atoms. The number of nitrogens with zero attached hydrogens (tertiary/aromatic N) is 1. The minimum absolute atomic E-state index is 0.100. The molecule has 0 atom stereocenters. The van der Waals surface area contributed by atoms with E-state index in [9.17, 15) is 14.0 Å². The molecule has 1 saturated carbocycles. The van der Waals surface area contributed by atoms with Crippen molar-refractivity contribution in [1.29, 1.82) is 0 Å². The summed E-state index contributed by atoms with van der Waals surface area (Å²) < 4.78 is 13.4. The van der Waals surface area contributed by atoms with Crippen LogP contribution in [-0.2, 0) is 16.0 Å². The van der Waals surface area contributed by atoms with Crippen LogP contribution in [0.15, 0.2) is 18.2 Å². The van der Waals surface area contributed by atoms with E-state index in [-0.39, 0.29) is 11.7 Å². The van der Waals surface area contributed by atoms with E-state index in [2.05, 4.69) is 10.3 Å². The van der Waals surface area contributed by atoms with Crippen molar-refractivity contribution in [1.82, 2.24) is 4.98 Å². The maximum Gasteiger partial charge on any atom is 0.238 e. The maximum atomic E-state index is 13.4. The van der Waals surface area contributed by atoms with Crippen molar-refractivity contribution in [3.8, 4) is 0 Å². The van der Waals surface area contributed by atoms with Crippen LogP contribution < -0.4 is 5.32 Å². The zero-order valence-corrected chi connectivity index (χ0v) is 14.9. The third kappa shape index (κ3) is 3.35. The van der Waals surface area contributed by atoms with E-state index in [0.717, 1.165) is 5.01 Å². The van der Waals surface area contributed by atoms with E-state index in [1.807, 2.05) is 0 Å². The van der Waals surface area contributed by atoms with Crippen LogP contribution in [0, 0.1) is 18.2 Å². The number of carbonyl (C=O) groups is 2. The van der Waals surface area contributed by atoms with Gasteiger partial charge < -0.3 is 5.32 Å². The molecule has 2 aromatic rings. The van der Waals surface area contributed by atoms with Crippen LogP contribution in [0.5, 0.6) is 0 Å². The van der Waals surface area contributed by atoms with Gasteiger partial charge in [-0.3, -0.25) is 9.59 Å². The molecule has 1 aliphatic carbocycles. The third-order valence-corrected chi connectivity index (χ3v) is 5.50. The standard InChI is InChI=1S/C17H16ClFN2O2S/c1-9-15(21-16(23)17(3-4-17)10(2)22)24-14(20-9)7-11-5-12(18)8-13(19)6-11/h5-6,8H,3-4,7H2,1-2H3,(H,21,23). The van der Waals surface area contributed by atoms with Crippen molar-refractivity contribution in [2.24, 2.45) is 5.41 Å². The molecule has 3 rings (SSSR count). The molecule has 1 amide bonds. The van der Waals surface area contributed by atoms with Crippen molar-refractivity contribution in [2.45, 2.75) is 33.1 Å². The van der Waals surface area contributed by atoms with Gasteiger partial charge in [0.1, 0.15) is 22.0 Å². The number of rotatable bonds is 5. The summed E-state index contributed by atoms with van der Waals surface area (Å²) in [6.45, 7) is 3.24. The van der Waals surface area contributed by atoms with Gasteiger partial charge in [0.2, 0.25) is 5.91 Å². The second-order valence-electron chi connectivity index (χ2n) is 6.07. The second-order valence-corrected chi connectivity index (χ2v) is 7.59. The molecule has 1 N–H and O–H groups in total. The molecule has 24 heavy (non-hydrogen) atoms. The van der Waals surface area contributed by atoms with Gasteiger partial charge in [-0.2, -0.15) is 0 Å². The van der Waals surface area contributed by atoms with Crippen LogP contribution in [0.25, 0.3) is 0 Å². The van der Waals surface area contributed by atoms with E-state index in [1.54, 1.807) is 13.0 Å². The Balaban J connectivity index is 1.76. The highest BCUT2D eigenvalue weighted by atomic mass is 35.5. The molecule has 1 heterocycles. The Morgan fingerprint density at radius 2 is 2.08 bits per heavy atom. The lowest BCUT2D eigenvalue weighted by Gasteiger charge is -2.10. The van der Waals surface area contributed by atoms with E-state index in [4.69, 9.17) is 11.6 Å². The number of nitrogens with one attached hydrogen (secondary N) is 1. The summed E-state index contributed by atoms with van der Waals surface area (Å²) in [5, 5.41) is 4.53. The third-order valence-electron chi connectivity index (χ3n) is 4.20. The Kier molecular flexibility index (Phi) is 4.44. The van der Waals surface area contributed by atoms with Crippen molar-refractivity contribution >= 4 is 39.6 Å². The van der Waals surface area contributed by atoms with Gasteiger partial charge in [-0.15, -0.1) is 11.3 Å². The van der Waals surface area contributed by atoms with Gasteiger partial charge in [0.05, 0.1) is 10.7 Å². The first-order valence-electron chi connectivity index (χ1n) is 7.54. The number of hydrogen-bond donors (Lipinski definition) is 1. The summed E-state index contributed by atoms with van der Waals surface area (Å²) in [5.41, 5.74) is 0.548. The highest BCUT2D eigenvalue weighted by Crippen LogP contribution is 2.47. The highest BCUT2D eigenvalue weighted by Gasteiger charge is 2.54. The first kappa shape index (κ1) is 17.0. The maximum absolute atomic E-state index is 13.4. The lowest BCUT2D eigenvalue weighted by molar-refractivity contribution is -0.131. The molecule has 126 valence electrons. The van der Waals surface area contributed by atoms with Crippen molar-refractivity contribution < 1.29 is 14.0 Å². The van der Waals surface area contributed by atoms with Gasteiger partial charge in [0.25, 0.3) is 0 Å². The molecule has 4 nitrogen and oxygen atoms in total. The molecule has 0 spiro atoms. The first-order valence-corrected chi connectivity index (χ1v) is 8.73. The number of carbonyl (C=O) groups excluding carboxylic acids is 2. The number of Topliss-reactive ketones (excluding diaryl/α,β-unsaturated/α-hetero) is 1. The predicted octanol–water partition coefficient (Wildman–Crippen LogP) is 4.14. The number of ketones is 1. The van der Waals surface area contributed by atoms with Crippen LogP contribution in [0.3, 0.4) is 0 Å². The van der Waals surface area contributed by atoms with Gasteiger partial charge in [-0.25, -0.2) is 9.37 Å². The van der Waals surface area contributed by atoms with Gasteiger partial charge in [-0.05, 0) is 50.5 Å². The van der Waals surface area contributed by atoms with Crippen LogP contribution >= 0.6 is 22.9 Å². The Morgan fingerprint density at radius 3 is 2.67 bits per heavy atom. The molecular weight excluding hydrogens is 351 g/mol. The lowest BCUT2D eigenvalue weighted by atomic mass is 10.0. The number of aryl methyl sites for hydroxylation is 1. The first-order chi connectivity index (χ1) is 11.3. The number of amides is 1. The van der Waals surface area contributed by atoms with E-state index in [1.165, 1.54) is 30.4 Å². The zero-order chi connectivity index (χ0) is 17.5. The minimum atomic E-state index is -0.854. The Bertz CT molecular complexity index is 810. The van der Waals surface area contributed by atoms with Gasteiger partial charge >= 0.3 is 0 Å². The predicted molar refractivity (Wildman–Crippen MR) is 92.0 cm³/mol. The minimum Gasteiger partial charge on any atom is -0.315 e. The Morgan fingerprint density at radius 1 is 1.38 bits per heavy atom. The highest BCUT2D eigenvalue weighted by molar-refractivity contribution is 7.16. The normalized spacial score (nSPS) is 15.2. The van der Waals surface area contributed by atoms with Crippen LogP contribution in [-0.4, -0.2) is 16.7 Å². The quantitative estimate of drug-likeness (QED) is 0.809. The molecule has 0 radical (unpaired) electrons. The molecule has 0 unspecified atom stereocenters. The molecule has 1 aliphatic rings.